The lowest BCUT2D eigenvalue weighted by Crippen LogP contribution is -2.17. The van der Waals surface area contributed by atoms with Crippen LogP contribution in [0.25, 0.3) is 5.78 Å². The molecule has 0 spiro atoms. The fraction of sp³-hybridized carbons (Fsp3) is 0.353. The van der Waals surface area contributed by atoms with Crippen LogP contribution in [-0.4, -0.2) is 47.9 Å². The molecular formula is C17H16F3N5O4S. The van der Waals surface area contributed by atoms with Gasteiger partial charge in [0.2, 0.25) is 11.7 Å². The van der Waals surface area contributed by atoms with Crippen LogP contribution < -0.4 is 14.2 Å². The van der Waals surface area contributed by atoms with E-state index in [0.717, 1.165) is 37.9 Å². The average molecular weight is 443 g/mol. The molecule has 1 aliphatic rings. The van der Waals surface area contributed by atoms with E-state index in [4.69, 9.17) is 4.74 Å². The molecular weight excluding hydrogens is 427 g/mol. The van der Waals surface area contributed by atoms with Crippen LogP contribution in [0.1, 0.15) is 24.5 Å². The van der Waals surface area contributed by atoms with Gasteiger partial charge in [-0.3, -0.25) is 9.12 Å². The lowest BCUT2D eigenvalue weighted by molar-refractivity contribution is 0.0770. The summed E-state index contributed by atoms with van der Waals surface area (Å²) >= 11 is 0. The fourth-order valence-electron chi connectivity index (χ4n) is 2.79. The molecule has 1 fully saturated rings. The van der Waals surface area contributed by atoms with Gasteiger partial charge in [0.15, 0.2) is 17.5 Å². The maximum Gasteiger partial charge on any atom is 0.279 e. The Morgan fingerprint density at radius 1 is 1.30 bits per heavy atom. The predicted octanol–water partition coefficient (Wildman–Crippen LogP) is 2.59. The van der Waals surface area contributed by atoms with Crippen molar-refractivity contribution in [3.63, 3.8) is 0 Å². The molecule has 160 valence electrons. The zero-order chi connectivity index (χ0) is 21.5. The zero-order valence-electron chi connectivity index (χ0n) is 15.5. The molecule has 0 atom stereocenters. The maximum absolute atomic E-state index is 14.2. The van der Waals surface area contributed by atoms with E-state index < -0.39 is 34.8 Å². The van der Waals surface area contributed by atoms with Gasteiger partial charge in [-0.25, -0.2) is 23.1 Å². The van der Waals surface area contributed by atoms with Gasteiger partial charge in [-0.05, 0) is 18.9 Å². The highest BCUT2D eigenvalue weighted by atomic mass is 32.2. The minimum Gasteiger partial charge on any atom is -0.479 e. The predicted molar refractivity (Wildman–Crippen MR) is 98.0 cm³/mol. The molecule has 0 aromatic carbocycles. The van der Waals surface area contributed by atoms with Crippen LogP contribution in [0.2, 0.25) is 0 Å². The van der Waals surface area contributed by atoms with Crippen molar-refractivity contribution < 1.29 is 31.1 Å². The molecule has 3 aromatic heterocycles. The summed E-state index contributed by atoms with van der Waals surface area (Å²) in [5.41, 5.74) is 0.509. The minimum atomic E-state index is -4.24. The Bertz CT molecular complexity index is 1200. The number of anilines is 1. The van der Waals surface area contributed by atoms with Crippen molar-refractivity contribution >= 4 is 21.5 Å². The lowest BCUT2D eigenvalue weighted by atomic mass is 10.3. The molecule has 0 unspecified atom stereocenters. The molecule has 3 heterocycles. The fourth-order valence-corrected chi connectivity index (χ4v) is 3.93. The van der Waals surface area contributed by atoms with E-state index >= 15 is 0 Å². The summed E-state index contributed by atoms with van der Waals surface area (Å²) in [6.07, 6.45) is 1.91. The van der Waals surface area contributed by atoms with Crippen molar-refractivity contribution in [3.05, 3.63) is 36.0 Å². The van der Waals surface area contributed by atoms with Gasteiger partial charge in [0, 0.05) is 23.9 Å². The molecule has 1 aliphatic carbocycles. The van der Waals surface area contributed by atoms with Gasteiger partial charge in [-0.15, -0.1) is 0 Å². The second-order valence-corrected chi connectivity index (χ2v) is 8.16. The van der Waals surface area contributed by atoms with Gasteiger partial charge in [-0.1, -0.05) is 0 Å². The Kier molecular flexibility index (Phi) is 5.13. The van der Waals surface area contributed by atoms with Crippen molar-refractivity contribution in [1.82, 2.24) is 19.4 Å². The summed E-state index contributed by atoms with van der Waals surface area (Å²) in [7, 11) is -3.08. The molecule has 0 radical (unpaired) electrons. The average Bonchev–Trinajstić information content (AvgIpc) is 3.45. The molecule has 1 saturated carbocycles. The van der Waals surface area contributed by atoms with Crippen LogP contribution in [0.5, 0.6) is 11.8 Å². The lowest BCUT2D eigenvalue weighted by Gasteiger charge is -2.13. The van der Waals surface area contributed by atoms with Crippen LogP contribution >= 0.6 is 0 Å². The van der Waals surface area contributed by atoms with Gasteiger partial charge in [0.25, 0.3) is 22.3 Å². The van der Waals surface area contributed by atoms with E-state index in [1.807, 2.05) is 0 Å². The number of fused-ring (bicyclic) bond motifs is 1. The van der Waals surface area contributed by atoms with Crippen molar-refractivity contribution in [2.45, 2.75) is 30.2 Å². The Morgan fingerprint density at radius 2 is 2.07 bits per heavy atom. The third-order valence-corrected chi connectivity index (χ3v) is 5.67. The number of nitrogens with zero attached hydrogens (tertiary/aromatic N) is 4. The Hall–Kier alpha value is -3.09. The van der Waals surface area contributed by atoms with Crippen LogP contribution in [0.15, 0.2) is 29.6 Å². The molecule has 1 N–H and O–H groups in total. The third-order valence-electron chi connectivity index (χ3n) is 4.33. The summed E-state index contributed by atoms with van der Waals surface area (Å²) in [5, 5.41) is -0.229. The number of hydrogen-bond acceptors (Lipinski definition) is 7. The van der Waals surface area contributed by atoms with Crippen molar-refractivity contribution in [2.24, 2.45) is 0 Å². The summed E-state index contributed by atoms with van der Waals surface area (Å²) < 4.78 is 77.4. The number of pyridine rings is 1. The van der Waals surface area contributed by atoms with Crippen LogP contribution in [0, 0.1) is 5.82 Å². The standard InChI is InChI=1S/C17H16F3N5O4S/c1-28-16-12(6-10(18)15(23-16)29-8-13(19)20)24-30(26,27)14-7-21-17-22-11(9-2-3-9)4-5-25(14)17/h4-7,9,13,24H,2-3,8H2,1H3. The van der Waals surface area contributed by atoms with E-state index in [1.165, 1.54) is 4.40 Å². The number of hydrogen-bond donors (Lipinski definition) is 1. The Morgan fingerprint density at radius 3 is 2.73 bits per heavy atom. The number of halogens is 3. The molecule has 13 heteroatoms. The first kappa shape index (κ1) is 20.2. The number of aromatic nitrogens is 4. The second kappa shape index (κ2) is 7.63. The van der Waals surface area contributed by atoms with Gasteiger partial charge >= 0.3 is 0 Å². The zero-order valence-corrected chi connectivity index (χ0v) is 16.4. The van der Waals surface area contributed by atoms with Gasteiger partial charge in [-0.2, -0.15) is 13.4 Å². The number of imidazole rings is 1. The first-order chi connectivity index (χ1) is 14.3. The van der Waals surface area contributed by atoms with Crippen LogP contribution in [0.3, 0.4) is 0 Å². The summed E-state index contributed by atoms with van der Waals surface area (Å²) in [4.78, 5) is 12.0. The molecule has 0 saturated heterocycles. The molecule has 9 nitrogen and oxygen atoms in total. The number of nitrogens with one attached hydrogen (secondary N) is 1. The van der Waals surface area contributed by atoms with E-state index in [1.54, 1.807) is 12.3 Å². The Labute approximate surface area is 168 Å². The van der Waals surface area contributed by atoms with E-state index in [-0.39, 0.29) is 22.4 Å². The topological polar surface area (TPSA) is 108 Å². The van der Waals surface area contributed by atoms with Gasteiger partial charge in [0.1, 0.15) is 5.69 Å². The molecule has 4 rings (SSSR count). The molecule has 30 heavy (non-hydrogen) atoms. The first-order valence-electron chi connectivity index (χ1n) is 8.81. The first-order valence-corrected chi connectivity index (χ1v) is 10.3. The maximum atomic E-state index is 14.2. The number of alkyl halides is 2. The molecule has 0 aliphatic heterocycles. The molecule has 3 aromatic rings. The summed E-state index contributed by atoms with van der Waals surface area (Å²) in [5.74, 6) is -1.64. The van der Waals surface area contributed by atoms with E-state index in [9.17, 15) is 21.6 Å². The summed E-state index contributed by atoms with van der Waals surface area (Å²) in [6.45, 7) is -1.07. The largest absolute Gasteiger partial charge is 0.479 e. The highest BCUT2D eigenvalue weighted by Gasteiger charge is 2.27. The Balaban J connectivity index is 1.64. The highest BCUT2D eigenvalue weighted by molar-refractivity contribution is 7.92. The highest BCUT2D eigenvalue weighted by Crippen LogP contribution is 2.39. The van der Waals surface area contributed by atoms with Crippen molar-refractivity contribution in [2.75, 3.05) is 18.4 Å². The second-order valence-electron chi connectivity index (χ2n) is 6.53. The number of methoxy groups -OCH3 is 1. The number of ether oxygens (including phenoxy) is 2. The minimum absolute atomic E-state index is 0.215. The van der Waals surface area contributed by atoms with Crippen molar-refractivity contribution in [3.8, 4) is 11.8 Å². The summed E-state index contributed by atoms with van der Waals surface area (Å²) in [6, 6.07) is 2.46. The normalized spacial score (nSPS) is 14.3. The number of rotatable bonds is 8. The SMILES string of the molecule is COc1nc(OCC(F)F)c(F)cc1NS(=O)(=O)c1cnc2nc(C3CC3)ccn12. The van der Waals surface area contributed by atoms with Crippen molar-refractivity contribution in [1.29, 1.82) is 0 Å². The van der Waals surface area contributed by atoms with Crippen LogP contribution in [-0.2, 0) is 10.0 Å². The quantitative estimate of drug-likeness (QED) is 0.570. The monoisotopic (exact) mass is 443 g/mol. The molecule has 0 amide bonds. The van der Waals surface area contributed by atoms with E-state index in [2.05, 4.69) is 24.4 Å². The number of sulfonamides is 1. The van der Waals surface area contributed by atoms with Gasteiger partial charge < -0.3 is 9.47 Å². The third kappa shape index (κ3) is 3.97. The van der Waals surface area contributed by atoms with E-state index in [0.29, 0.717) is 5.92 Å². The smallest absolute Gasteiger partial charge is 0.279 e. The van der Waals surface area contributed by atoms with Gasteiger partial charge in [0.05, 0.1) is 13.3 Å². The van der Waals surface area contributed by atoms with Crippen LogP contribution in [0.4, 0.5) is 18.9 Å². The molecule has 0 bridgehead atoms.